The van der Waals surface area contributed by atoms with E-state index in [4.69, 9.17) is 34.8 Å². The van der Waals surface area contributed by atoms with E-state index in [1.54, 1.807) is 20.8 Å². The van der Waals surface area contributed by atoms with Crippen LogP contribution < -0.4 is 10.7 Å². The van der Waals surface area contributed by atoms with E-state index in [1.807, 2.05) is 0 Å². The van der Waals surface area contributed by atoms with Crippen LogP contribution in [0.4, 0.5) is 14.9 Å². The topological polar surface area (TPSA) is 61.4 Å². The second kappa shape index (κ2) is 8.33. The lowest BCUT2D eigenvalue weighted by Crippen LogP contribution is -2.56. The minimum absolute atomic E-state index is 0.118. The molecule has 0 unspecified atom stereocenters. The molecular formula is C18H17Cl3FN3O2. The van der Waals surface area contributed by atoms with Gasteiger partial charge >= 0.3 is 6.03 Å². The van der Waals surface area contributed by atoms with Crippen molar-refractivity contribution in [1.29, 1.82) is 0 Å². The maximum absolute atomic E-state index is 13.8. The monoisotopic (exact) mass is 431 g/mol. The molecule has 144 valence electrons. The lowest BCUT2D eigenvalue weighted by atomic mass is 10.1. The summed E-state index contributed by atoms with van der Waals surface area (Å²) in [5.41, 5.74) is 1.70. The van der Waals surface area contributed by atoms with Crippen molar-refractivity contribution in [3.05, 3.63) is 62.8 Å². The number of urea groups is 1. The van der Waals surface area contributed by atoms with Gasteiger partial charge in [0.15, 0.2) is 0 Å². The molecule has 0 aliphatic carbocycles. The Morgan fingerprint density at radius 2 is 1.56 bits per heavy atom. The van der Waals surface area contributed by atoms with Crippen LogP contribution in [-0.2, 0) is 0 Å². The molecule has 2 N–H and O–H groups in total. The number of hydrogen-bond donors (Lipinski definition) is 2. The first-order valence-corrected chi connectivity index (χ1v) is 8.94. The molecule has 5 nitrogen and oxygen atoms in total. The van der Waals surface area contributed by atoms with E-state index in [0.717, 1.165) is 11.1 Å². The van der Waals surface area contributed by atoms with Crippen molar-refractivity contribution in [2.24, 2.45) is 0 Å². The molecule has 0 radical (unpaired) electrons. The van der Waals surface area contributed by atoms with E-state index in [9.17, 15) is 14.0 Å². The zero-order chi connectivity index (χ0) is 20.4. The first-order chi connectivity index (χ1) is 12.5. The Morgan fingerprint density at radius 3 is 2.11 bits per heavy atom. The fraction of sp³-hybridized carbons (Fsp3) is 0.222. The van der Waals surface area contributed by atoms with E-state index in [0.29, 0.717) is 0 Å². The molecule has 0 fully saturated rings. The summed E-state index contributed by atoms with van der Waals surface area (Å²) >= 11 is 17.7. The van der Waals surface area contributed by atoms with Crippen molar-refractivity contribution in [3.8, 4) is 0 Å². The van der Waals surface area contributed by atoms with Gasteiger partial charge in [-0.05, 0) is 57.2 Å². The Hall–Kier alpha value is -2.02. The van der Waals surface area contributed by atoms with Crippen LogP contribution in [0.15, 0.2) is 36.4 Å². The molecule has 3 amide bonds. The number of nitrogens with one attached hydrogen (secondary N) is 2. The van der Waals surface area contributed by atoms with E-state index in [2.05, 4.69) is 10.7 Å². The van der Waals surface area contributed by atoms with Gasteiger partial charge in [0.1, 0.15) is 5.82 Å². The van der Waals surface area contributed by atoms with Gasteiger partial charge < -0.3 is 5.32 Å². The number of carbonyl (C=O) groups excluding carboxylic acids is 2. The van der Waals surface area contributed by atoms with Crippen molar-refractivity contribution in [3.63, 3.8) is 0 Å². The Labute approximate surface area is 171 Å². The van der Waals surface area contributed by atoms with Crippen molar-refractivity contribution in [1.82, 2.24) is 10.4 Å². The molecule has 0 atom stereocenters. The Bertz CT molecular complexity index is 864. The van der Waals surface area contributed by atoms with Crippen LogP contribution in [0.2, 0.25) is 15.1 Å². The second-order valence-electron chi connectivity index (χ2n) is 6.66. The van der Waals surface area contributed by atoms with Gasteiger partial charge in [0.2, 0.25) is 0 Å². The molecule has 2 aromatic carbocycles. The molecule has 2 aromatic rings. The van der Waals surface area contributed by atoms with Crippen LogP contribution in [-0.4, -0.2) is 22.5 Å². The summed E-state index contributed by atoms with van der Waals surface area (Å²) in [4.78, 5) is 25.2. The largest absolute Gasteiger partial charge is 0.338 e. The fourth-order valence-electron chi connectivity index (χ4n) is 2.17. The number of benzene rings is 2. The average molecular weight is 433 g/mol. The van der Waals surface area contributed by atoms with Crippen molar-refractivity contribution < 1.29 is 14.0 Å². The Morgan fingerprint density at radius 1 is 0.963 bits per heavy atom. The van der Waals surface area contributed by atoms with Crippen molar-refractivity contribution in [2.75, 3.05) is 5.32 Å². The SMILES string of the molecule is CC(C)(C)N(NC(=O)Nc1cc(Cl)ccc1F)C(=O)c1cc(Cl)cc(Cl)c1. The molecule has 0 heterocycles. The number of amides is 3. The van der Waals surface area contributed by atoms with E-state index in [1.165, 1.54) is 30.3 Å². The highest BCUT2D eigenvalue weighted by Gasteiger charge is 2.30. The van der Waals surface area contributed by atoms with E-state index in [-0.39, 0.29) is 26.3 Å². The summed E-state index contributed by atoms with van der Waals surface area (Å²) in [6.07, 6.45) is 0. The number of hydrazine groups is 1. The quantitative estimate of drug-likeness (QED) is 0.592. The smallest absolute Gasteiger partial charge is 0.304 e. The summed E-state index contributed by atoms with van der Waals surface area (Å²) in [6, 6.07) is 7.29. The molecule has 9 heteroatoms. The van der Waals surface area contributed by atoms with Crippen LogP contribution in [0, 0.1) is 5.82 Å². The third kappa shape index (κ3) is 5.73. The summed E-state index contributed by atoms with van der Waals surface area (Å²) in [5.74, 6) is -1.20. The van der Waals surface area contributed by atoms with Crippen molar-refractivity contribution in [2.45, 2.75) is 26.3 Å². The van der Waals surface area contributed by atoms with Gasteiger partial charge in [-0.2, -0.15) is 0 Å². The summed E-state index contributed by atoms with van der Waals surface area (Å²) in [6.45, 7) is 5.16. The molecule has 27 heavy (non-hydrogen) atoms. The van der Waals surface area contributed by atoms with Crippen LogP contribution in [0.25, 0.3) is 0 Å². The van der Waals surface area contributed by atoms with E-state index < -0.39 is 23.3 Å². The zero-order valence-electron chi connectivity index (χ0n) is 14.7. The highest BCUT2D eigenvalue weighted by Crippen LogP contribution is 2.23. The predicted octanol–water partition coefficient (Wildman–Crippen LogP) is 5.76. The highest BCUT2D eigenvalue weighted by molar-refractivity contribution is 6.35. The number of halogens is 4. The van der Waals surface area contributed by atoms with Gasteiger partial charge in [-0.25, -0.2) is 19.6 Å². The number of anilines is 1. The molecule has 2 rings (SSSR count). The van der Waals surface area contributed by atoms with Gasteiger partial charge in [-0.3, -0.25) is 4.79 Å². The zero-order valence-corrected chi connectivity index (χ0v) is 17.0. The maximum Gasteiger partial charge on any atom is 0.338 e. The van der Waals surface area contributed by atoms with Gasteiger partial charge in [0.05, 0.1) is 11.2 Å². The first kappa shape index (κ1) is 21.3. The number of hydrogen-bond acceptors (Lipinski definition) is 2. The van der Waals surface area contributed by atoms with Gasteiger partial charge in [0.25, 0.3) is 5.91 Å². The molecule has 0 aliphatic rings. The Kier molecular flexibility index (Phi) is 6.57. The average Bonchev–Trinajstić information content (AvgIpc) is 2.53. The first-order valence-electron chi connectivity index (χ1n) is 7.81. The van der Waals surface area contributed by atoms with Crippen LogP contribution in [0.3, 0.4) is 0 Å². The second-order valence-corrected chi connectivity index (χ2v) is 7.97. The molecular weight excluding hydrogens is 416 g/mol. The minimum Gasteiger partial charge on any atom is -0.304 e. The summed E-state index contributed by atoms with van der Waals surface area (Å²) < 4.78 is 13.8. The lowest BCUT2D eigenvalue weighted by Gasteiger charge is -2.35. The maximum atomic E-state index is 13.8. The minimum atomic E-state index is -0.812. The molecule has 0 bridgehead atoms. The van der Waals surface area contributed by atoms with Crippen molar-refractivity contribution >= 4 is 52.4 Å². The van der Waals surface area contributed by atoms with Crippen LogP contribution in [0.1, 0.15) is 31.1 Å². The predicted molar refractivity (Wildman–Crippen MR) is 106 cm³/mol. The molecule has 0 aromatic heterocycles. The van der Waals surface area contributed by atoms with Gasteiger partial charge in [-0.15, -0.1) is 0 Å². The normalized spacial score (nSPS) is 11.1. The lowest BCUT2D eigenvalue weighted by molar-refractivity contribution is 0.0460. The summed E-state index contributed by atoms with van der Waals surface area (Å²) in [5, 5.41) is 4.25. The Balaban J connectivity index is 2.25. The third-order valence-corrected chi connectivity index (χ3v) is 4.04. The number of nitrogens with zero attached hydrogens (tertiary/aromatic N) is 1. The van der Waals surface area contributed by atoms with Gasteiger partial charge in [0, 0.05) is 20.6 Å². The summed E-state index contributed by atoms with van der Waals surface area (Å²) in [7, 11) is 0. The van der Waals surface area contributed by atoms with Gasteiger partial charge in [-0.1, -0.05) is 34.8 Å². The molecule has 0 saturated heterocycles. The molecule has 0 saturated carbocycles. The number of rotatable bonds is 2. The van der Waals surface area contributed by atoms with Crippen LogP contribution in [0.5, 0.6) is 0 Å². The molecule has 0 spiro atoms. The third-order valence-electron chi connectivity index (χ3n) is 3.37. The fourth-order valence-corrected chi connectivity index (χ4v) is 2.87. The standard InChI is InChI=1S/C18H17Cl3FN3O2/c1-18(2,3)25(16(26)10-6-12(20)8-13(21)7-10)24-17(27)23-15-9-11(19)4-5-14(15)22/h4-9H,1-3H3,(H2,23,24,27). The molecule has 0 aliphatic heterocycles. The van der Waals surface area contributed by atoms with E-state index >= 15 is 0 Å². The number of carbonyl (C=O) groups is 2. The van der Waals surface area contributed by atoms with Crippen LogP contribution >= 0.6 is 34.8 Å². The highest BCUT2D eigenvalue weighted by atomic mass is 35.5.